The van der Waals surface area contributed by atoms with Gasteiger partial charge in [-0.25, -0.2) is 4.21 Å². The molecule has 1 unspecified atom stereocenters. The minimum absolute atomic E-state index is 0.0683. The van der Waals surface area contributed by atoms with E-state index in [0.717, 1.165) is 13.2 Å². The van der Waals surface area contributed by atoms with Crippen LogP contribution in [0.25, 0.3) is 0 Å². The molecule has 0 N–H and O–H groups in total. The van der Waals surface area contributed by atoms with Gasteiger partial charge in [0.25, 0.3) is 0 Å². The number of alkyl halides is 3. The lowest BCUT2D eigenvalue weighted by molar-refractivity contribution is -0.141. The molecule has 0 fully saturated rings. The van der Waals surface area contributed by atoms with Crippen molar-refractivity contribution >= 4 is 17.3 Å². The quantitative estimate of drug-likeness (QED) is 0.522. The Labute approximate surface area is 155 Å². The van der Waals surface area contributed by atoms with E-state index in [9.17, 15) is 26.7 Å². The highest BCUT2D eigenvalue weighted by Gasteiger charge is 2.37. The summed E-state index contributed by atoms with van der Waals surface area (Å²) in [5.74, 6) is -2.23. The summed E-state index contributed by atoms with van der Waals surface area (Å²) in [7, 11) is 1.10. The lowest BCUT2D eigenvalue weighted by Crippen LogP contribution is -2.14. The van der Waals surface area contributed by atoms with Crippen LogP contribution in [0.5, 0.6) is 11.5 Å². The van der Waals surface area contributed by atoms with Crippen LogP contribution in [0, 0.1) is 0 Å². The smallest absolute Gasteiger partial charge is 0.420 e. The van der Waals surface area contributed by atoms with E-state index < -0.39 is 47.0 Å². The minimum Gasteiger partial charge on any atom is -0.740 e. The van der Waals surface area contributed by atoms with Crippen LogP contribution < -0.4 is 8.92 Å². The summed E-state index contributed by atoms with van der Waals surface area (Å²) >= 11 is -3.26. The second-order valence-electron chi connectivity index (χ2n) is 5.28. The molecule has 1 atom stereocenters. The van der Waals surface area contributed by atoms with Gasteiger partial charge in [0.15, 0.2) is 11.5 Å². The van der Waals surface area contributed by atoms with Gasteiger partial charge in [-0.3, -0.25) is 4.79 Å². The van der Waals surface area contributed by atoms with Crippen molar-refractivity contribution < 1.29 is 40.4 Å². The van der Waals surface area contributed by atoms with Crippen LogP contribution in [-0.2, 0) is 40.1 Å². The zero-order valence-electron chi connectivity index (χ0n) is 13.9. The fourth-order valence-corrected chi connectivity index (χ4v) is 2.52. The summed E-state index contributed by atoms with van der Waals surface area (Å²) in [4.78, 5) is 11.4. The van der Waals surface area contributed by atoms with Gasteiger partial charge in [-0.2, -0.15) is 13.2 Å². The van der Waals surface area contributed by atoms with Gasteiger partial charge in [-0.1, -0.05) is 30.3 Å². The predicted octanol–water partition coefficient (Wildman–Crippen LogP) is 3.17. The number of ether oxygens (including phenoxy) is 2. The molecule has 0 radical (unpaired) electrons. The number of methoxy groups -OCH3 is 1. The minimum atomic E-state index is -4.94. The Kier molecular flexibility index (Phi) is 6.81. The van der Waals surface area contributed by atoms with E-state index >= 15 is 0 Å². The van der Waals surface area contributed by atoms with Crippen molar-refractivity contribution in [1.82, 2.24) is 0 Å². The zero-order chi connectivity index (χ0) is 20.0. The first-order valence-electron chi connectivity index (χ1n) is 7.46. The predicted molar refractivity (Wildman–Crippen MR) is 87.5 cm³/mol. The summed E-state index contributed by atoms with van der Waals surface area (Å²) in [6, 6.07) is 10.2. The summed E-state index contributed by atoms with van der Waals surface area (Å²) in [5.41, 5.74) is -0.809. The summed E-state index contributed by atoms with van der Waals surface area (Å²) in [6.45, 7) is -0.137. The molecule has 0 bridgehead atoms. The first-order chi connectivity index (χ1) is 12.7. The van der Waals surface area contributed by atoms with Crippen LogP contribution in [0.4, 0.5) is 13.2 Å². The number of carbonyl (C=O) groups is 1. The molecular weight excluding hydrogens is 389 g/mol. The largest absolute Gasteiger partial charge is 0.740 e. The molecule has 2 rings (SSSR count). The molecule has 0 aliphatic rings. The first kappa shape index (κ1) is 20.7. The molecule has 0 saturated carbocycles. The highest BCUT2D eigenvalue weighted by atomic mass is 32.2. The molecule has 0 spiro atoms. The standard InChI is InChI=1S/C17H15F3O6S/c1-24-15(21)9-12-7-13(17(18,19)20)16(26-27(22)23)14(8-12)25-10-11-5-3-2-4-6-11/h2-8H,9-10H2,1H3,(H,22,23)/p-1. The molecule has 0 aliphatic carbocycles. The highest BCUT2D eigenvalue weighted by Crippen LogP contribution is 2.43. The van der Waals surface area contributed by atoms with Gasteiger partial charge in [-0.05, 0) is 23.3 Å². The Bertz CT molecular complexity index is 823. The van der Waals surface area contributed by atoms with Gasteiger partial charge in [0.05, 0.1) is 13.5 Å². The molecule has 146 valence electrons. The van der Waals surface area contributed by atoms with Gasteiger partial charge in [-0.15, -0.1) is 0 Å². The number of hydrogen-bond donors (Lipinski definition) is 0. The van der Waals surface area contributed by atoms with E-state index in [1.165, 1.54) is 0 Å². The Balaban J connectivity index is 2.48. The van der Waals surface area contributed by atoms with E-state index in [1.807, 2.05) is 0 Å². The molecule has 0 aromatic heterocycles. The van der Waals surface area contributed by atoms with Gasteiger partial charge in [0.1, 0.15) is 23.5 Å². The number of esters is 1. The second-order valence-corrected chi connectivity index (χ2v) is 5.86. The van der Waals surface area contributed by atoms with Crippen LogP contribution in [0.3, 0.4) is 0 Å². The van der Waals surface area contributed by atoms with Crippen molar-refractivity contribution in [3.8, 4) is 11.5 Å². The third kappa shape index (κ3) is 5.97. The lowest BCUT2D eigenvalue weighted by Gasteiger charge is -2.19. The number of benzene rings is 2. The Morgan fingerprint density at radius 3 is 2.37 bits per heavy atom. The zero-order valence-corrected chi connectivity index (χ0v) is 14.8. The first-order valence-corrected chi connectivity index (χ1v) is 8.46. The molecule has 2 aromatic rings. The van der Waals surface area contributed by atoms with Crippen LogP contribution in [0.2, 0.25) is 0 Å². The second kappa shape index (κ2) is 8.87. The Morgan fingerprint density at radius 1 is 1.15 bits per heavy atom. The van der Waals surface area contributed by atoms with E-state index in [2.05, 4.69) is 8.92 Å². The van der Waals surface area contributed by atoms with Crippen molar-refractivity contribution in [3.05, 3.63) is 59.2 Å². The van der Waals surface area contributed by atoms with Gasteiger partial charge in [0.2, 0.25) is 0 Å². The SMILES string of the molecule is COC(=O)Cc1cc(OCc2ccccc2)c(OS(=O)[O-])c(C(F)(F)F)c1. The average molecular weight is 403 g/mol. The molecule has 10 heteroatoms. The van der Waals surface area contributed by atoms with Crippen molar-refractivity contribution in [2.24, 2.45) is 0 Å². The van der Waals surface area contributed by atoms with Crippen LogP contribution in [-0.4, -0.2) is 21.8 Å². The van der Waals surface area contributed by atoms with Gasteiger partial charge >= 0.3 is 12.1 Å². The Morgan fingerprint density at radius 2 is 1.81 bits per heavy atom. The summed E-state index contributed by atoms with van der Waals surface area (Å²) in [5, 5.41) is 0. The van der Waals surface area contributed by atoms with Crippen LogP contribution >= 0.6 is 0 Å². The lowest BCUT2D eigenvalue weighted by atomic mass is 10.1. The normalized spacial score (nSPS) is 12.3. The van der Waals surface area contributed by atoms with Crippen LogP contribution in [0.15, 0.2) is 42.5 Å². The average Bonchev–Trinajstić information content (AvgIpc) is 2.60. The van der Waals surface area contributed by atoms with E-state index in [0.29, 0.717) is 11.6 Å². The molecule has 0 heterocycles. The molecule has 0 saturated heterocycles. The van der Waals surface area contributed by atoms with E-state index in [-0.39, 0.29) is 12.2 Å². The number of hydrogen-bond acceptors (Lipinski definition) is 6. The van der Waals surface area contributed by atoms with Crippen molar-refractivity contribution in [2.75, 3.05) is 7.11 Å². The van der Waals surface area contributed by atoms with Crippen molar-refractivity contribution in [2.45, 2.75) is 19.2 Å². The summed E-state index contributed by atoms with van der Waals surface area (Å²) in [6.07, 6.45) is -5.40. The highest BCUT2D eigenvalue weighted by molar-refractivity contribution is 7.74. The number of halogens is 3. The van der Waals surface area contributed by atoms with E-state index in [1.54, 1.807) is 30.3 Å². The molecule has 27 heavy (non-hydrogen) atoms. The number of carbonyl (C=O) groups excluding carboxylic acids is 1. The fraction of sp³-hybridized carbons (Fsp3) is 0.235. The third-order valence-electron chi connectivity index (χ3n) is 3.38. The van der Waals surface area contributed by atoms with Gasteiger partial charge in [0, 0.05) is 0 Å². The molecule has 0 amide bonds. The maximum absolute atomic E-state index is 13.4. The topological polar surface area (TPSA) is 84.9 Å². The number of rotatable bonds is 7. The molecule has 6 nitrogen and oxygen atoms in total. The molecular formula is C17H14F3O6S-. The maximum Gasteiger partial charge on any atom is 0.420 e. The van der Waals surface area contributed by atoms with Crippen LogP contribution in [0.1, 0.15) is 16.7 Å². The molecule has 0 aliphatic heterocycles. The van der Waals surface area contributed by atoms with Crippen molar-refractivity contribution in [3.63, 3.8) is 0 Å². The fourth-order valence-electron chi connectivity index (χ4n) is 2.21. The Hall–Kier alpha value is -2.59. The molecule has 2 aromatic carbocycles. The van der Waals surface area contributed by atoms with E-state index in [4.69, 9.17) is 4.74 Å². The van der Waals surface area contributed by atoms with Crippen molar-refractivity contribution in [1.29, 1.82) is 0 Å². The third-order valence-corrected chi connectivity index (χ3v) is 3.69. The maximum atomic E-state index is 13.4. The monoisotopic (exact) mass is 403 g/mol. The summed E-state index contributed by atoms with van der Waals surface area (Å²) < 4.78 is 76.0. The van der Waals surface area contributed by atoms with Gasteiger partial charge < -0.3 is 18.2 Å².